The summed E-state index contributed by atoms with van der Waals surface area (Å²) >= 11 is 0. The van der Waals surface area contributed by atoms with E-state index in [1.54, 1.807) is 18.3 Å². The maximum Gasteiger partial charge on any atom is 0.317 e. The lowest BCUT2D eigenvalue weighted by Crippen LogP contribution is -2.43. The number of nitrogens with zero attached hydrogens (tertiary/aromatic N) is 4. The van der Waals surface area contributed by atoms with Crippen molar-refractivity contribution in [1.29, 1.82) is 5.26 Å². The molecule has 0 spiro atoms. The highest BCUT2D eigenvalue weighted by Crippen LogP contribution is 2.19. The Bertz CT molecular complexity index is 844. The summed E-state index contributed by atoms with van der Waals surface area (Å²) < 4.78 is 0. The summed E-state index contributed by atoms with van der Waals surface area (Å²) in [5, 5.41) is 12.4. The third-order valence-corrected chi connectivity index (χ3v) is 4.98. The van der Waals surface area contributed by atoms with E-state index in [1.165, 1.54) is 5.56 Å². The van der Waals surface area contributed by atoms with Crippen LogP contribution in [0.25, 0.3) is 0 Å². The van der Waals surface area contributed by atoms with E-state index in [4.69, 9.17) is 0 Å². The van der Waals surface area contributed by atoms with Gasteiger partial charge in [-0.1, -0.05) is 24.3 Å². The Morgan fingerprint density at radius 1 is 1.19 bits per heavy atom. The van der Waals surface area contributed by atoms with Crippen LogP contribution in [0.3, 0.4) is 0 Å². The van der Waals surface area contributed by atoms with Crippen LogP contribution in [0.1, 0.15) is 36.1 Å². The smallest absolute Gasteiger partial charge is 0.317 e. The van der Waals surface area contributed by atoms with Crippen LogP contribution in [0.5, 0.6) is 0 Å². The molecule has 3 rings (SSSR count). The van der Waals surface area contributed by atoms with Crippen molar-refractivity contribution in [2.75, 3.05) is 31.1 Å². The molecule has 1 aliphatic rings. The van der Waals surface area contributed by atoms with E-state index in [0.717, 1.165) is 18.5 Å². The Balaban J connectivity index is 1.63. The molecule has 0 bridgehead atoms. The SMILES string of the molecule is Cc1ccccc1C(C)NC(=O)N1CCCN(c2ncccc2C#N)CC1. The molecule has 1 N–H and O–H groups in total. The molecule has 1 atom stereocenters. The van der Waals surface area contributed by atoms with Crippen molar-refractivity contribution in [1.82, 2.24) is 15.2 Å². The number of rotatable bonds is 3. The van der Waals surface area contributed by atoms with Crippen LogP contribution in [0.15, 0.2) is 42.6 Å². The first kappa shape index (κ1) is 18.7. The van der Waals surface area contributed by atoms with Gasteiger partial charge in [-0.25, -0.2) is 9.78 Å². The molecular formula is C21H25N5O. The minimum atomic E-state index is -0.0471. The van der Waals surface area contributed by atoms with E-state index >= 15 is 0 Å². The van der Waals surface area contributed by atoms with Crippen molar-refractivity contribution in [2.24, 2.45) is 0 Å². The van der Waals surface area contributed by atoms with E-state index < -0.39 is 0 Å². The number of carbonyl (C=O) groups excluding carboxylic acids is 1. The molecule has 1 aliphatic heterocycles. The Labute approximate surface area is 160 Å². The van der Waals surface area contributed by atoms with Gasteiger partial charge in [-0.05, 0) is 43.5 Å². The van der Waals surface area contributed by atoms with Gasteiger partial charge in [0.25, 0.3) is 0 Å². The molecule has 1 saturated heterocycles. The Kier molecular flexibility index (Phi) is 5.92. The van der Waals surface area contributed by atoms with Crippen LogP contribution in [0.4, 0.5) is 10.6 Å². The zero-order chi connectivity index (χ0) is 19.2. The third kappa shape index (κ3) is 4.37. The Morgan fingerprint density at radius 2 is 2.00 bits per heavy atom. The number of urea groups is 1. The van der Waals surface area contributed by atoms with E-state index in [9.17, 15) is 10.1 Å². The predicted molar refractivity (Wildman–Crippen MR) is 105 cm³/mol. The molecule has 1 unspecified atom stereocenters. The van der Waals surface area contributed by atoms with E-state index in [1.807, 2.05) is 24.0 Å². The van der Waals surface area contributed by atoms with Gasteiger partial charge in [0.2, 0.25) is 0 Å². The lowest BCUT2D eigenvalue weighted by atomic mass is 10.0. The summed E-state index contributed by atoms with van der Waals surface area (Å²) in [7, 11) is 0. The summed E-state index contributed by atoms with van der Waals surface area (Å²) in [6, 6.07) is 13.8. The van der Waals surface area contributed by atoms with Crippen LogP contribution in [0, 0.1) is 18.3 Å². The van der Waals surface area contributed by atoms with Gasteiger partial charge in [-0.2, -0.15) is 5.26 Å². The number of aromatic nitrogens is 1. The highest BCUT2D eigenvalue weighted by Gasteiger charge is 2.22. The summed E-state index contributed by atoms with van der Waals surface area (Å²) in [5.74, 6) is 0.704. The number of hydrogen-bond acceptors (Lipinski definition) is 4. The van der Waals surface area contributed by atoms with Gasteiger partial charge in [0.05, 0.1) is 11.6 Å². The molecule has 6 heteroatoms. The summed E-state index contributed by atoms with van der Waals surface area (Å²) in [5.41, 5.74) is 2.88. The van der Waals surface area contributed by atoms with Crippen LogP contribution in [0.2, 0.25) is 0 Å². The van der Waals surface area contributed by atoms with E-state index in [0.29, 0.717) is 31.0 Å². The number of amides is 2. The van der Waals surface area contributed by atoms with Crippen molar-refractivity contribution in [3.8, 4) is 6.07 Å². The molecule has 1 aromatic carbocycles. The lowest BCUT2D eigenvalue weighted by molar-refractivity contribution is 0.198. The zero-order valence-electron chi connectivity index (χ0n) is 15.9. The van der Waals surface area contributed by atoms with Crippen molar-refractivity contribution in [3.05, 3.63) is 59.3 Å². The molecule has 1 aromatic heterocycles. The standard InChI is InChI=1S/C21H25N5O/c1-16-7-3-4-9-19(16)17(2)24-21(27)26-12-6-11-25(13-14-26)20-18(15-22)8-5-10-23-20/h3-5,7-10,17H,6,11-14H2,1-2H3,(H,24,27). The topological polar surface area (TPSA) is 72.3 Å². The maximum absolute atomic E-state index is 12.7. The molecule has 2 aromatic rings. The molecule has 140 valence electrons. The Morgan fingerprint density at radius 3 is 2.78 bits per heavy atom. The van der Waals surface area contributed by atoms with Crippen LogP contribution < -0.4 is 10.2 Å². The Hall–Kier alpha value is -3.07. The molecular weight excluding hydrogens is 338 g/mol. The maximum atomic E-state index is 12.7. The highest BCUT2D eigenvalue weighted by molar-refractivity contribution is 5.75. The number of benzene rings is 1. The largest absolute Gasteiger partial charge is 0.354 e. The second-order valence-corrected chi connectivity index (χ2v) is 6.84. The summed E-state index contributed by atoms with van der Waals surface area (Å²) in [6.45, 7) is 6.81. The fourth-order valence-electron chi connectivity index (χ4n) is 3.50. The van der Waals surface area contributed by atoms with Crippen molar-refractivity contribution in [3.63, 3.8) is 0 Å². The first-order valence-electron chi connectivity index (χ1n) is 9.31. The quantitative estimate of drug-likeness (QED) is 0.909. The lowest BCUT2D eigenvalue weighted by Gasteiger charge is -2.25. The fraction of sp³-hybridized carbons (Fsp3) is 0.381. The van der Waals surface area contributed by atoms with Gasteiger partial charge in [0.15, 0.2) is 0 Å². The van der Waals surface area contributed by atoms with Crippen molar-refractivity contribution >= 4 is 11.8 Å². The number of nitrogens with one attached hydrogen (secondary N) is 1. The van der Waals surface area contributed by atoms with Gasteiger partial charge in [0.1, 0.15) is 11.9 Å². The van der Waals surface area contributed by atoms with Crippen molar-refractivity contribution < 1.29 is 4.79 Å². The first-order chi connectivity index (χ1) is 13.1. The van der Waals surface area contributed by atoms with Gasteiger partial charge in [-0.3, -0.25) is 0 Å². The fourth-order valence-corrected chi connectivity index (χ4v) is 3.50. The normalized spacial score (nSPS) is 15.6. The summed E-state index contributed by atoms with van der Waals surface area (Å²) in [6.07, 6.45) is 2.54. The number of anilines is 1. The van der Waals surface area contributed by atoms with E-state index in [2.05, 4.69) is 40.3 Å². The van der Waals surface area contributed by atoms with Crippen molar-refractivity contribution in [2.45, 2.75) is 26.3 Å². The number of aryl methyl sites for hydroxylation is 1. The molecule has 0 radical (unpaired) electrons. The van der Waals surface area contributed by atoms with Gasteiger partial charge >= 0.3 is 6.03 Å². The molecule has 27 heavy (non-hydrogen) atoms. The zero-order valence-corrected chi connectivity index (χ0v) is 15.9. The van der Waals surface area contributed by atoms with E-state index in [-0.39, 0.29) is 12.1 Å². The molecule has 1 fully saturated rings. The minimum absolute atomic E-state index is 0.0426. The predicted octanol–water partition coefficient (Wildman–Crippen LogP) is 3.24. The highest BCUT2D eigenvalue weighted by atomic mass is 16.2. The molecule has 2 amide bonds. The number of nitriles is 1. The van der Waals surface area contributed by atoms with Gasteiger partial charge < -0.3 is 15.1 Å². The molecule has 0 aliphatic carbocycles. The van der Waals surface area contributed by atoms with Crippen LogP contribution >= 0.6 is 0 Å². The molecule has 0 saturated carbocycles. The number of hydrogen-bond donors (Lipinski definition) is 1. The number of pyridine rings is 1. The van der Waals surface area contributed by atoms with Crippen LogP contribution in [-0.2, 0) is 0 Å². The van der Waals surface area contributed by atoms with Gasteiger partial charge in [-0.15, -0.1) is 0 Å². The van der Waals surface area contributed by atoms with Gasteiger partial charge in [0, 0.05) is 32.4 Å². The summed E-state index contributed by atoms with van der Waals surface area (Å²) in [4.78, 5) is 21.1. The second-order valence-electron chi connectivity index (χ2n) is 6.84. The average Bonchev–Trinajstić information content (AvgIpc) is 2.94. The van der Waals surface area contributed by atoms with Crippen LogP contribution in [-0.4, -0.2) is 42.1 Å². The number of carbonyl (C=O) groups is 1. The monoisotopic (exact) mass is 363 g/mol. The minimum Gasteiger partial charge on any atom is -0.354 e. The average molecular weight is 363 g/mol. The second kappa shape index (κ2) is 8.54. The molecule has 6 nitrogen and oxygen atoms in total. The first-order valence-corrected chi connectivity index (χ1v) is 9.31. The molecule has 2 heterocycles. The third-order valence-electron chi connectivity index (χ3n) is 4.98.